The first kappa shape index (κ1) is 15.6. The number of hydrogen-bond donors (Lipinski definition) is 2. The van der Waals surface area contributed by atoms with Crippen LogP contribution in [-0.2, 0) is 6.54 Å². The Balaban J connectivity index is 2.61. The summed E-state index contributed by atoms with van der Waals surface area (Å²) in [6, 6.07) is 6.39. The van der Waals surface area contributed by atoms with E-state index in [1.807, 2.05) is 19.9 Å². The van der Waals surface area contributed by atoms with Crippen LogP contribution in [0.2, 0.25) is 0 Å². The molecular weight excluding hydrogens is 243 g/mol. The molecule has 0 radical (unpaired) electrons. The number of nitriles is 1. The van der Waals surface area contributed by atoms with Crippen molar-refractivity contribution in [2.24, 2.45) is 5.41 Å². The third-order valence-electron chi connectivity index (χ3n) is 3.83. The third-order valence-corrected chi connectivity index (χ3v) is 3.83. The van der Waals surface area contributed by atoms with Gasteiger partial charge in [0.2, 0.25) is 0 Å². The minimum Gasteiger partial charge on any atom is -0.396 e. The van der Waals surface area contributed by atoms with Gasteiger partial charge >= 0.3 is 0 Å². The maximum atomic E-state index is 13.7. The molecule has 0 saturated heterocycles. The molecule has 0 heterocycles. The summed E-state index contributed by atoms with van der Waals surface area (Å²) in [6.45, 7) is 5.27. The molecule has 19 heavy (non-hydrogen) atoms. The van der Waals surface area contributed by atoms with Gasteiger partial charge in [0, 0.05) is 30.7 Å². The van der Waals surface area contributed by atoms with E-state index in [0.717, 1.165) is 12.8 Å². The second-order valence-corrected chi connectivity index (χ2v) is 4.89. The molecule has 0 aromatic heterocycles. The Morgan fingerprint density at radius 2 is 2.05 bits per heavy atom. The molecule has 0 saturated carbocycles. The zero-order valence-electron chi connectivity index (χ0n) is 11.5. The van der Waals surface area contributed by atoms with Gasteiger partial charge in [-0.15, -0.1) is 0 Å². The molecule has 0 spiro atoms. The Morgan fingerprint density at radius 1 is 1.37 bits per heavy atom. The van der Waals surface area contributed by atoms with E-state index >= 15 is 0 Å². The van der Waals surface area contributed by atoms with Gasteiger partial charge in [-0.05, 0) is 25.0 Å². The van der Waals surface area contributed by atoms with Crippen molar-refractivity contribution in [2.45, 2.75) is 33.2 Å². The number of aliphatic hydroxyl groups is 1. The molecule has 104 valence electrons. The standard InChI is InChI=1S/C15H21FN2O/c1-3-15(4-2,11-19)10-18-9-13-6-5-12(8-17)7-14(13)16/h5-7,18-19H,3-4,9-11H2,1-2H3. The highest BCUT2D eigenvalue weighted by atomic mass is 19.1. The lowest BCUT2D eigenvalue weighted by molar-refractivity contribution is 0.113. The smallest absolute Gasteiger partial charge is 0.129 e. The molecule has 4 heteroatoms. The minimum atomic E-state index is -0.367. The summed E-state index contributed by atoms with van der Waals surface area (Å²) >= 11 is 0. The normalized spacial score (nSPS) is 11.3. The van der Waals surface area contributed by atoms with Crippen molar-refractivity contribution in [3.63, 3.8) is 0 Å². The lowest BCUT2D eigenvalue weighted by atomic mass is 9.83. The van der Waals surface area contributed by atoms with Gasteiger partial charge in [0.25, 0.3) is 0 Å². The van der Waals surface area contributed by atoms with Gasteiger partial charge in [-0.3, -0.25) is 0 Å². The quantitative estimate of drug-likeness (QED) is 0.796. The lowest BCUT2D eigenvalue weighted by Crippen LogP contribution is -2.36. The summed E-state index contributed by atoms with van der Waals surface area (Å²) in [5, 5.41) is 21.3. The zero-order valence-corrected chi connectivity index (χ0v) is 11.5. The monoisotopic (exact) mass is 264 g/mol. The van der Waals surface area contributed by atoms with E-state index in [9.17, 15) is 9.50 Å². The second-order valence-electron chi connectivity index (χ2n) is 4.89. The molecule has 0 amide bonds. The fourth-order valence-electron chi connectivity index (χ4n) is 2.00. The number of rotatable bonds is 7. The van der Waals surface area contributed by atoms with Gasteiger partial charge in [0.05, 0.1) is 11.6 Å². The van der Waals surface area contributed by atoms with E-state index in [4.69, 9.17) is 5.26 Å². The fraction of sp³-hybridized carbons (Fsp3) is 0.533. The van der Waals surface area contributed by atoms with Gasteiger partial charge in [-0.1, -0.05) is 19.9 Å². The van der Waals surface area contributed by atoms with E-state index in [0.29, 0.717) is 24.2 Å². The van der Waals surface area contributed by atoms with Crippen LogP contribution < -0.4 is 5.32 Å². The van der Waals surface area contributed by atoms with Crippen LogP contribution in [-0.4, -0.2) is 18.3 Å². The second kappa shape index (κ2) is 7.22. The van der Waals surface area contributed by atoms with Crippen LogP contribution in [0.4, 0.5) is 4.39 Å². The van der Waals surface area contributed by atoms with Crippen LogP contribution in [0.25, 0.3) is 0 Å². The molecule has 1 aromatic rings. The zero-order chi connectivity index (χ0) is 14.3. The first-order chi connectivity index (χ1) is 9.10. The van der Waals surface area contributed by atoms with Crippen molar-refractivity contribution in [3.8, 4) is 6.07 Å². The van der Waals surface area contributed by atoms with Crippen molar-refractivity contribution >= 4 is 0 Å². The molecule has 2 N–H and O–H groups in total. The molecule has 0 aliphatic rings. The Bertz CT molecular complexity index is 442. The van der Waals surface area contributed by atoms with Gasteiger partial charge in [-0.25, -0.2) is 4.39 Å². The van der Waals surface area contributed by atoms with E-state index in [-0.39, 0.29) is 17.8 Å². The molecule has 0 atom stereocenters. The number of nitrogens with zero attached hydrogens (tertiary/aromatic N) is 1. The summed E-state index contributed by atoms with van der Waals surface area (Å²) in [5.74, 6) is -0.367. The summed E-state index contributed by atoms with van der Waals surface area (Å²) in [6.07, 6.45) is 1.76. The largest absolute Gasteiger partial charge is 0.396 e. The highest BCUT2D eigenvalue weighted by molar-refractivity contribution is 5.32. The summed E-state index contributed by atoms with van der Waals surface area (Å²) in [5.41, 5.74) is 0.731. The summed E-state index contributed by atoms with van der Waals surface area (Å²) in [4.78, 5) is 0. The number of nitrogens with one attached hydrogen (secondary N) is 1. The average molecular weight is 264 g/mol. The van der Waals surface area contributed by atoms with Crippen LogP contribution >= 0.6 is 0 Å². The molecule has 0 aliphatic carbocycles. The molecular formula is C15H21FN2O. The maximum Gasteiger partial charge on any atom is 0.129 e. The van der Waals surface area contributed by atoms with Crippen LogP contribution in [0.1, 0.15) is 37.8 Å². The van der Waals surface area contributed by atoms with Crippen molar-refractivity contribution in [1.29, 1.82) is 5.26 Å². The average Bonchev–Trinajstić information content (AvgIpc) is 2.45. The van der Waals surface area contributed by atoms with Crippen molar-refractivity contribution in [3.05, 3.63) is 35.1 Å². The van der Waals surface area contributed by atoms with Crippen LogP contribution in [0.3, 0.4) is 0 Å². The van der Waals surface area contributed by atoms with Crippen molar-refractivity contribution in [1.82, 2.24) is 5.32 Å². The van der Waals surface area contributed by atoms with Crippen molar-refractivity contribution in [2.75, 3.05) is 13.2 Å². The molecule has 0 unspecified atom stereocenters. The van der Waals surface area contributed by atoms with E-state index in [1.165, 1.54) is 6.07 Å². The molecule has 3 nitrogen and oxygen atoms in total. The Kier molecular flexibility index (Phi) is 5.94. The topological polar surface area (TPSA) is 56.0 Å². The van der Waals surface area contributed by atoms with Crippen LogP contribution in [0.15, 0.2) is 18.2 Å². The predicted molar refractivity (Wildman–Crippen MR) is 72.9 cm³/mol. The third kappa shape index (κ3) is 4.02. The number of halogens is 1. The van der Waals surface area contributed by atoms with Gasteiger partial charge in [-0.2, -0.15) is 5.26 Å². The molecule has 0 fully saturated rings. The van der Waals surface area contributed by atoms with Gasteiger partial charge in [0.15, 0.2) is 0 Å². The number of hydrogen-bond acceptors (Lipinski definition) is 3. The molecule has 0 aliphatic heterocycles. The highest BCUT2D eigenvalue weighted by Crippen LogP contribution is 2.24. The SMILES string of the molecule is CCC(CC)(CO)CNCc1ccc(C#N)cc1F. The minimum absolute atomic E-state index is 0.128. The van der Waals surface area contributed by atoms with Gasteiger partial charge < -0.3 is 10.4 Å². The first-order valence-electron chi connectivity index (χ1n) is 6.61. The Morgan fingerprint density at radius 3 is 2.53 bits per heavy atom. The van der Waals surface area contributed by atoms with E-state index < -0.39 is 0 Å². The molecule has 1 rings (SSSR count). The highest BCUT2D eigenvalue weighted by Gasteiger charge is 2.24. The van der Waals surface area contributed by atoms with Gasteiger partial charge in [0.1, 0.15) is 5.82 Å². The van der Waals surface area contributed by atoms with E-state index in [2.05, 4.69) is 5.32 Å². The van der Waals surface area contributed by atoms with Crippen LogP contribution in [0, 0.1) is 22.6 Å². The van der Waals surface area contributed by atoms with Crippen molar-refractivity contribution < 1.29 is 9.50 Å². The van der Waals surface area contributed by atoms with Crippen LogP contribution in [0.5, 0.6) is 0 Å². The molecule has 1 aromatic carbocycles. The maximum absolute atomic E-state index is 13.7. The Labute approximate surface area is 114 Å². The Hall–Kier alpha value is -1.44. The predicted octanol–water partition coefficient (Wildman–Crippen LogP) is 2.59. The molecule has 0 bridgehead atoms. The number of benzene rings is 1. The fourth-order valence-corrected chi connectivity index (χ4v) is 2.00. The lowest BCUT2D eigenvalue weighted by Gasteiger charge is -2.29. The number of aliphatic hydroxyl groups excluding tert-OH is 1. The summed E-state index contributed by atoms with van der Waals surface area (Å²) in [7, 11) is 0. The van der Waals surface area contributed by atoms with E-state index in [1.54, 1.807) is 12.1 Å². The first-order valence-corrected chi connectivity index (χ1v) is 6.61. The summed E-state index contributed by atoms with van der Waals surface area (Å²) < 4.78 is 13.7.